The summed E-state index contributed by atoms with van der Waals surface area (Å²) >= 11 is 0. The lowest BCUT2D eigenvalue weighted by molar-refractivity contribution is -0.143. The molecule has 3 rings (SSSR count). The summed E-state index contributed by atoms with van der Waals surface area (Å²) in [6.07, 6.45) is 2.88. The molecule has 1 fully saturated rings. The number of hydrogen-bond acceptors (Lipinski definition) is 4. The number of carbonyl (C=O) groups excluding carboxylic acids is 1. The number of hydrogen-bond donors (Lipinski definition) is 4. The molecule has 2 unspecified atom stereocenters. The quantitative estimate of drug-likeness (QED) is 0.643. The molecule has 5 N–H and O–H groups in total. The van der Waals surface area contributed by atoms with Crippen molar-refractivity contribution < 1.29 is 23.1 Å². The minimum atomic E-state index is -3.82. The number of aliphatic carboxylic acids is 1. The van der Waals surface area contributed by atoms with Gasteiger partial charge in [-0.05, 0) is 37.1 Å². The molecule has 0 bridgehead atoms. The van der Waals surface area contributed by atoms with Gasteiger partial charge in [0.2, 0.25) is 10.0 Å². The average Bonchev–Trinajstić information content (AvgIpc) is 2.97. The molecule has 134 valence electrons. The molecule has 2 atom stereocenters. The fourth-order valence-corrected chi connectivity index (χ4v) is 3.80. The molecule has 1 aromatic heterocycles. The van der Waals surface area contributed by atoms with E-state index in [-0.39, 0.29) is 10.6 Å². The lowest BCUT2D eigenvalue weighted by Crippen LogP contribution is -2.45. The van der Waals surface area contributed by atoms with Crippen molar-refractivity contribution >= 4 is 32.8 Å². The van der Waals surface area contributed by atoms with Crippen LogP contribution < -0.4 is 10.5 Å². The largest absolute Gasteiger partial charge is 0.481 e. The molecule has 1 aromatic carbocycles. The van der Waals surface area contributed by atoms with Crippen LogP contribution in [0.25, 0.3) is 10.9 Å². The summed E-state index contributed by atoms with van der Waals surface area (Å²) in [6.45, 7) is 0. The van der Waals surface area contributed by atoms with Gasteiger partial charge in [0, 0.05) is 16.9 Å². The summed E-state index contributed by atoms with van der Waals surface area (Å²) in [5.74, 6) is -1.90. The Labute approximate surface area is 144 Å². The van der Waals surface area contributed by atoms with Crippen molar-refractivity contribution in [2.24, 2.45) is 11.1 Å². The van der Waals surface area contributed by atoms with Gasteiger partial charge in [-0.25, -0.2) is 13.6 Å². The number of nitrogens with two attached hydrogens (primary N) is 1. The van der Waals surface area contributed by atoms with E-state index in [1.807, 2.05) is 0 Å². The third-order valence-corrected chi connectivity index (χ3v) is 5.48. The van der Waals surface area contributed by atoms with E-state index in [9.17, 15) is 23.1 Å². The van der Waals surface area contributed by atoms with E-state index in [0.717, 1.165) is 12.8 Å². The molecule has 1 saturated carbocycles. The van der Waals surface area contributed by atoms with Gasteiger partial charge in [0.1, 0.15) is 5.69 Å². The second kappa shape index (κ2) is 6.49. The zero-order valence-corrected chi connectivity index (χ0v) is 14.2. The number of aromatic amines is 1. The summed E-state index contributed by atoms with van der Waals surface area (Å²) in [6, 6.07) is 5.39. The highest BCUT2D eigenvalue weighted by atomic mass is 32.2. The highest BCUT2D eigenvalue weighted by Crippen LogP contribution is 2.25. The van der Waals surface area contributed by atoms with E-state index in [0.29, 0.717) is 23.7 Å². The Kier molecular flexibility index (Phi) is 4.53. The highest BCUT2D eigenvalue weighted by molar-refractivity contribution is 7.89. The molecule has 1 aliphatic carbocycles. The SMILES string of the molecule is NS(=O)(=O)c1ccc2[nH]c(C(=O)NC3CCCCC3C(=O)O)cc2c1. The lowest BCUT2D eigenvalue weighted by Gasteiger charge is -2.29. The molecule has 1 aliphatic rings. The fraction of sp³-hybridized carbons (Fsp3) is 0.375. The van der Waals surface area contributed by atoms with Crippen LogP contribution in [0.3, 0.4) is 0 Å². The van der Waals surface area contributed by atoms with E-state index >= 15 is 0 Å². The van der Waals surface area contributed by atoms with Crippen LogP contribution >= 0.6 is 0 Å². The minimum Gasteiger partial charge on any atom is -0.481 e. The first-order valence-corrected chi connectivity index (χ1v) is 9.49. The first-order valence-electron chi connectivity index (χ1n) is 7.95. The van der Waals surface area contributed by atoms with Crippen molar-refractivity contribution in [2.45, 2.75) is 36.6 Å². The predicted molar refractivity (Wildman–Crippen MR) is 90.5 cm³/mol. The topological polar surface area (TPSA) is 142 Å². The normalized spacial score (nSPS) is 21.2. The van der Waals surface area contributed by atoms with Crippen molar-refractivity contribution in [3.63, 3.8) is 0 Å². The highest BCUT2D eigenvalue weighted by Gasteiger charge is 2.32. The van der Waals surface area contributed by atoms with Crippen molar-refractivity contribution in [2.75, 3.05) is 0 Å². The van der Waals surface area contributed by atoms with Crippen LogP contribution in [-0.4, -0.2) is 36.4 Å². The monoisotopic (exact) mass is 365 g/mol. The van der Waals surface area contributed by atoms with E-state index in [2.05, 4.69) is 10.3 Å². The van der Waals surface area contributed by atoms with Gasteiger partial charge < -0.3 is 15.4 Å². The van der Waals surface area contributed by atoms with Crippen LogP contribution in [0.1, 0.15) is 36.2 Å². The first kappa shape index (κ1) is 17.4. The number of benzene rings is 1. The molecular weight excluding hydrogens is 346 g/mol. The van der Waals surface area contributed by atoms with Gasteiger partial charge in [-0.3, -0.25) is 9.59 Å². The van der Waals surface area contributed by atoms with E-state index in [1.54, 1.807) is 0 Å². The summed E-state index contributed by atoms with van der Waals surface area (Å²) in [7, 11) is -3.82. The summed E-state index contributed by atoms with van der Waals surface area (Å²) in [4.78, 5) is 26.7. The van der Waals surface area contributed by atoms with Crippen molar-refractivity contribution in [1.82, 2.24) is 10.3 Å². The van der Waals surface area contributed by atoms with Crippen LogP contribution in [-0.2, 0) is 14.8 Å². The maximum atomic E-state index is 12.5. The number of primary sulfonamides is 1. The Balaban J connectivity index is 1.83. The van der Waals surface area contributed by atoms with Gasteiger partial charge in [-0.15, -0.1) is 0 Å². The van der Waals surface area contributed by atoms with Crippen LogP contribution in [0.2, 0.25) is 0 Å². The van der Waals surface area contributed by atoms with Crippen LogP contribution in [0, 0.1) is 5.92 Å². The Hall–Kier alpha value is -2.39. The third-order valence-electron chi connectivity index (χ3n) is 4.57. The molecule has 0 radical (unpaired) electrons. The molecule has 25 heavy (non-hydrogen) atoms. The van der Waals surface area contributed by atoms with Crippen LogP contribution in [0.5, 0.6) is 0 Å². The molecule has 0 saturated heterocycles. The van der Waals surface area contributed by atoms with E-state index in [1.165, 1.54) is 24.3 Å². The van der Waals surface area contributed by atoms with Crippen molar-refractivity contribution in [3.05, 3.63) is 30.0 Å². The van der Waals surface area contributed by atoms with E-state index < -0.39 is 33.9 Å². The Morgan fingerprint density at radius 2 is 1.92 bits per heavy atom. The second-order valence-corrected chi connectivity index (χ2v) is 7.85. The number of fused-ring (bicyclic) bond motifs is 1. The number of nitrogens with one attached hydrogen (secondary N) is 2. The van der Waals surface area contributed by atoms with Gasteiger partial charge in [-0.2, -0.15) is 0 Å². The molecule has 9 heteroatoms. The van der Waals surface area contributed by atoms with Gasteiger partial charge in [0.05, 0.1) is 10.8 Å². The van der Waals surface area contributed by atoms with Gasteiger partial charge in [0.25, 0.3) is 5.91 Å². The van der Waals surface area contributed by atoms with E-state index in [4.69, 9.17) is 5.14 Å². The fourth-order valence-electron chi connectivity index (χ4n) is 3.26. The molecule has 8 nitrogen and oxygen atoms in total. The minimum absolute atomic E-state index is 0.0378. The number of carboxylic acids is 1. The predicted octanol–water partition coefficient (Wildman–Crippen LogP) is 1.19. The average molecular weight is 365 g/mol. The Morgan fingerprint density at radius 3 is 2.60 bits per heavy atom. The standard InChI is InChI=1S/C16H19N3O5S/c17-25(23,24)10-5-6-12-9(7-10)8-14(18-12)15(20)19-13-4-2-1-3-11(13)16(21)22/h5-8,11,13,18H,1-4H2,(H,19,20)(H,21,22)(H2,17,23,24). The first-order chi connectivity index (χ1) is 11.8. The van der Waals surface area contributed by atoms with Gasteiger partial charge in [-0.1, -0.05) is 12.8 Å². The zero-order valence-electron chi connectivity index (χ0n) is 13.4. The summed E-state index contributed by atoms with van der Waals surface area (Å²) < 4.78 is 22.8. The smallest absolute Gasteiger partial charge is 0.308 e. The number of rotatable bonds is 4. The third kappa shape index (κ3) is 3.67. The maximum Gasteiger partial charge on any atom is 0.308 e. The molecule has 2 aromatic rings. The number of amides is 1. The van der Waals surface area contributed by atoms with Crippen molar-refractivity contribution in [1.29, 1.82) is 0 Å². The molecular formula is C16H19N3O5S. The number of carbonyl (C=O) groups is 2. The lowest BCUT2D eigenvalue weighted by atomic mass is 9.84. The zero-order chi connectivity index (χ0) is 18.2. The maximum absolute atomic E-state index is 12.5. The number of carboxylic acid groups (broad SMARTS) is 1. The van der Waals surface area contributed by atoms with Crippen LogP contribution in [0.4, 0.5) is 0 Å². The molecule has 0 spiro atoms. The number of sulfonamides is 1. The van der Waals surface area contributed by atoms with Crippen molar-refractivity contribution in [3.8, 4) is 0 Å². The molecule has 1 amide bonds. The van der Waals surface area contributed by atoms with Crippen LogP contribution in [0.15, 0.2) is 29.2 Å². The summed E-state index contributed by atoms with van der Waals surface area (Å²) in [5.41, 5.74) is 0.840. The number of aromatic nitrogens is 1. The second-order valence-electron chi connectivity index (χ2n) is 6.29. The summed E-state index contributed by atoms with van der Waals surface area (Å²) in [5, 5.41) is 17.7. The van der Waals surface area contributed by atoms with Gasteiger partial charge in [0.15, 0.2) is 0 Å². The Morgan fingerprint density at radius 1 is 1.20 bits per heavy atom. The number of H-pyrrole nitrogens is 1. The molecule has 0 aliphatic heterocycles. The van der Waals surface area contributed by atoms with Gasteiger partial charge >= 0.3 is 5.97 Å². The Bertz CT molecular complexity index is 934. The molecule has 1 heterocycles.